The summed E-state index contributed by atoms with van der Waals surface area (Å²) in [6.07, 6.45) is 12.2. The Morgan fingerprint density at radius 2 is 1.77 bits per heavy atom. The van der Waals surface area contributed by atoms with Gasteiger partial charge in [-0.05, 0) is 93.7 Å². The third-order valence-corrected chi connectivity index (χ3v) is 9.33. The van der Waals surface area contributed by atoms with Crippen LogP contribution in [0.4, 0.5) is 11.8 Å². The number of hydrogen-bond donors (Lipinski definition) is 3. The SMILES string of the molecule is CCCC1C[C@@H](CNc2nc(NCc3ccccc3Cl)ncc2C#N)C[C@H]([C@H](C)NC[C@H]2CC[C@@H](C#N)CC2)C1. The molecule has 1 aromatic heterocycles. The van der Waals surface area contributed by atoms with Gasteiger partial charge < -0.3 is 16.0 Å². The Bertz CT molecular complexity index is 1160. The standard InChI is InChI=1S/C32H44ClN7/c1-3-6-25-13-26(15-28(14-25)22(2)36-18-24-11-9-23(16-34)10-12-24)19-37-31-29(17-35)21-39-32(40-31)38-20-27-7-4-5-8-30(27)33/h4-5,7-8,21-26,28,36H,3,6,9-15,18-20H2,1-2H3,(H2,37,38,39,40)/t22-,23-,24+,25?,26+,28+/m0/s1. The van der Waals surface area contributed by atoms with Crippen molar-refractivity contribution in [3.05, 3.63) is 46.6 Å². The van der Waals surface area contributed by atoms with Gasteiger partial charge in [0.1, 0.15) is 17.5 Å². The minimum absolute atomic E-state index is 0.265. The van der Waals surface area contributed by atoms with E-state index in [-0.39, 0.29) is 5.92 Å². The number of nitrogens with one attached hydrogen (secondary N) is 3. The molecule has 7 nitrogen and oxygen atoms in total. The molecule has 3 N–H and O–H groups in total. The molecule has 4 atom stereocenters. The predicted octanol–water partition coefficient (Wildman–Crippen LogP) is 7.17. The molecule has 0 amide bonds. The van der Waals surface area contributed by atoms with E-state index in [1.165, 1.54) is 44.9 Å². The molecule has 1 aromatic carbocycles. The number of anilines is 2. The topological polar surface area (TPSA) is 109 Å². The molecule has 4 rings (SSSR count). The zero-order valence-electron chi connectivity index (χ0n) is 24.0. The number of halogens is 1. The van der Waals surface area contributed by atoms with Crippen LogP contribution < -0.4 is 16.0 Å². The highest BCUT2D eigenvalue weighted by Gasteiger charge is 2.32. The second-order valence-electron chi connectivity index (χ2n) is 11.9. The van der Waals surface area contributed by atoms with Crippen LogP contribution in [0.25, 0.3) is 0 Å². The van der Waals surface area contributed by atoms with Gasteiger partial charge in [-0.15, -0.1) is 0 Å². The Morgan fingerprint density at radius 1 is 1.00 bits per heavy atom. The van der Waals surface area contributed by atoms with Crippen LogP contribution >= 0.6 is 11.6 Å². The average molecular weight is 562 g/mol. The van der Waals surface area contributed by atoms with Gasteiger partial charge in [0.15, 0.2) is 0 Å². The van der Waals surface area contributed by atoms with Gasteiger partial charge in [-0.3, -0.25) is 0 Å². The van der Waals surface area contributed by atoms with Gasteiger partial charge in [-0.1, -0.05) is 49.6 Å². The van der Waals surface area contributed by atoms with Crippen molar-refractivity contribution >= 4 is 23.4 Å². The molecule has 2 aliphatic rings. The lowest BCUT2D eigenvalue weighted by atomic mass is 9.71. The minimum atomic E-state index is 0.265. The van der Waals surface area contributed by atoms with Crippen LogP contribution in [-0.4, -0.2) is 29.1 Å². The molecule has 2 aromatic rings. The molecule has 214 valence electrons. The monoisotopic (exact) mass is 561 g/mol. The first-order valence-corrected chi connectivity index (χ1v) is 15.5. The summed E-state index contributed by atoms with van der Waals surface area (Å²) < 4.78 is 0. The van der Waals surface area contributed by atoms with Gasteiger partial charge in [0, 0.05) is 30.1 Å². The van der Waals surface area contributed by atoms with Crippen LogP contribution in [0.15, 0.2) is 30.5 Å². The first kappa shape index (κ1) is 30.1. The van der Waals surface area contributed by atoms with E-state index in [4.69, 9.17) is 11.6 Å². The number of nitrogens with zero attached hydrogens (tertiary/aromatic N) is 4. The van der Waals surface area contributed by atoms with E-state index in [1.54, 1.807) is 6.20 Å². The molecule has 2 saturated carbocycles. The normalized spacial score (nSPS) is 25.4. The Balaban J connectivity index is 1.33. The Kier molecular flexibility index (Phi) is 11.5. The van der Waals surface area contributed by atoms with E-state index in [2.05, 4.69) is 51.9 Å². The van der Waals surface area contributed by atoms with Crippen molar-refractivity contribution in [2.24, 2.45) is 29.6 Å². The fraction of sp³-hybridized carbons (Fsp3) is 0.625. The highest BCUT2D eigenvalue weighted by Crippen LogP contribution is 2.38. The summed E-state index contributed by atoms with van der Waals surface area (Å²) in [5.41, 5.74) is 1.43. The smallest absolute Gasteiger partial charge is 0.224 e. The molecule has 0 bridgehead atoms. The number of aromatic nitrogens is 2. The Morgan fingerprint density at radius 3 is 2.50 bits per heavy atom. The average Bonchev–Trinajstić information content (AvgIpc) is 2.98. The van der Waals surface area contributed by atoms with Crippen molar-refractivity contribution in [1.82, 2.24) is 15.3 Å². The summed E-state index contributed by atoms with van der Waals surface area (Å²) in [4.78, 5) is 8.98. The van der Waals surface area contributed by atoms with Crippen LogP contribution in [-0.2, 0) is 6.54 Å². The van der Waals surface area contributed by atoms with Crippen LogP contribution in [0, 0.1) is 52.3 Å². The predicted molar refractivity (Wildman–Crippen MR) is 162 cm³/mol. The Labute approximate surface area is 245 Å². The Hall–Kier alpha value is -2.87. The molecule has 0 aliphatic heterocycles. The summed E-state index contributed by atoms with van der Waals surface area (Å²) in [7, 11) is 0. The molecule has 2 fully saturated rings. The van der Waals surface area contributed by atoms with Gasteiger partial charge in [-0.25, -0.2) is 4.98 Å². The molecule has 0 spiro atoms. The minimum Gasteiger partial charge on any atom is -0.369 e. The van der Waals surface area contributed by atoms with Crippen LogP contribution in [0.1, 0.15) is 82.8 Å². The lowest BCUT2D eigenvalue weighted by Crippen LogP contribution is -2.41. The quantitative estimate of drug-likeness (QED) is 0.252. The molecular weight excluding hydrogens is 518 g/mol. The fourth-order valence-electron chi connectivity index (χ4n) is 6.59. The van der Waals surface area contributed by atoms with Crippen LogP contribution in [0.3, 0.4) is 0 Å². The highest BCUT2D eigenvalue weighted by molar-refractivity contribution is 6.31. The van der Waals surface area contributed by atoms with Crippen molar-refractivity contribution in [3.8, 4) is 12.1 Å². The molecule has 1 unspecified atom stereocenters. The summed E-state index contributed by atoms with van der Waals surface area (Å²) >= 11 is 6.29. The first-order chi connectivity index (χ1) is 19.5. The van der Waals surface area contributed by atoms with Gasteiger partial charge in [0.25, 0.3) is 0 Å². The second-order valence-corrected chi connectivity index (χ2v) is 12.3. The largest absolute Gasteiger partial charge is 0.369 e. The van der Waals surface area contributed by atoms with Gasteiger partial charge in [0.05, 0.1) is 12.3 Å². The maximum atomic E-state index is 9.68. The van der Waals surface area contributed by atoms with Crippen LogP contribution in [0.5, 0.6) is 0 Å². The summed E-state index contributed by atoms with van der Waals surface area (Å²) in [5, 5.41) is 30.2. The lowest BCUT2D eigenvalue weighted by Gasteiger charge is -2.39. The zero-order valence-corrected chi connectivity index (χ0v) is 24.8. The fourth-order valence-corrected chi connectivity index (χ4v) is 6.79. The maximum Gasteiger partial charge on any atom is 0.224 e. The molecule has 0 radical (unpaired) electrons. The van der Waals surface area contributed by atoms with E-state index in [1.807, 2.05) is 24.3 Å². The molecule has 2 aliphatic carbocycles. The van der Waals surface area contributed by atoms with Crippen molar-refractivity contribution in [2.75, 3.05) is 23.7 Å². The zero-order chi connectivity index (χ0) is 28.3. The summed E-state index contributed by atoms with van der Waals surface area (Å²) in [5.74, 6) is 3.94. The van der Waals surface area contributed by atoms with Crippen molar-refractivity contribution in [1.29, 1.82) is 10.5 Å². The molecule has 0 saturated heterocycles. The van der Waals surface area contributed by atoms with Crippen molar-refractivity contribution in [2.45, 2.75) is 84.2 Å². The van der Waals surface area contributed by atoms with E-state index in [0.717, 1.165) is 37.4 Å². The van der Waals surface area contributed by atoms with E-state index in [0.29, 0.717) is 52.7 Å². The second kappa shape index (κ2) is 15.2. The molecule has 40 heavy (non-hydrogen) atoms. The first-order valence-electron chi connectivity index (χ1n) is 15.1. The number of nitriles is 2. The summed E-state index contributed by atoms with van der Waals surface area (Å²) in [6.45, 7) is 7.02. The highest BCUT2D eigenvalue weighted by atomic mass is 35.5. The number of hydrogen-bond acceptors (Lipinski definition) is 7. The molecule has 8 heteroatoms. The molecular formula is C32H44ClN7. The van der Waals surface area contributed by atoms with Gasteiger partial charge in [-0.2, -0.15) is 15.5 Å². The maximum absolute atomic E-state index is 9.68. The van der Waals surface area contributed by atoms with Gasteiger partial charge >= 0.3 is 0 Å². The third-order valence-electron chi connectivity index (χ3n) is 8.96. The summed E-state index contributed by atoms with van der Waals surface area (Å²) in [6, 6.07) is 12.9. The number of rotatable bonds is 12. The van der Waals surface area contributed by atoms with Crippen molar-refractivity contribution < 1.29 is 0 Å². The molecule has 1 heterocycles. The van der Waals surface area contributed by atoms with E-state index < -0.39 is 0 Å². The lowest BCUT2D eigenvalue weighted by molar-refractivity contribution is 0.157. The van der Waals surface area contributed by atoms with Crippen LogP contribution in [0.2, 0.25) is 5.02 Å². The number of benzene rings is 1. The van der Waals surface area contributed by atoms with Gasteiger partial charge in [0.2, 0.25) is 5.95 Å². The van der Waals surface area contributed by atoms with E-state index >= 15 is 0 Å². The van der Waals surface area contributed by atoms with Crippen molar-refractivity contribution in [3.63, 3.8) is 0 Å². The van der Waals surface area contributed by atoms with E-state index in [9.17, 15) is 10.5 Å². The third kappa shape index (κ3) is 8.56.